The number of esters is 1. The quantitative estimate of drug-likeness (QED) is 0.688. The molecule has 0 N–H and O–H groups in total. The van der Waals surface area contributed by atoms with E-state index < -0.39 is 22.5 Å². The zero-order valence-corrected chi connectivity index (χ0v) is 16.9. The van der Waals surface area contributed by atoms with E-state index in [9.17, 15) is 13.2 Å². The van der Waals surface area contributed by atoms with Crippen molar-refractivity contribution in [2.45, 2.75) is 25.7 Å². The van der Waals surface area contributed by atoms with E-state index in [1.54, 1.807) is 25.1 Å². The second kappa shape index (κ2) is 8.10. The van der Waals surface area contributed by atoms with E-state index in [2.05, 4.69) is 0 Å². The number of ether oxygens (including phenoxy) is 3. The number of aryl methyl sites for hydroxylation is 2. The average molecular weight is 405 g/mol. The van der Waals surface area contributed by atoms with Crippen molar-refractivity contribution >= 4 is 21.7 Å². The monoisotopic (exact) mass is 405 g/mol. The lowest BCUT2D eigenvalue weighted by molar-refractivity contribution is -0.141. The molecule has 0 fully saturated rings. The highest BCUT2D eigenvalue weighted by Gasteiger charge is 2.29. The Morgan fingerprint density at radius 1 is 1.04 bits per heavy atom. The summed E-state index contributed by atoms with van der Waals surface area (Å²) in [6.07, 6.45) is 0. The van der Waals surface area contributed by atoms with E-state index in [0.717, 1.165) is 15.4 Å². The van der Waals surface area contributed by atoms with E-state index in [1.807, 2.05) is 19.9 Å². The van der Waals surface area contributed by atoms with Crippen LogP contribution in [0.1, 0.15) is 18.1 Å². The first kappa shape index (κ1) is 20.0. The molecule has 0 saturated heterocycles. The van der Waals surface area contributed by atoms with Crippen molar-refractivity contribution in [2.75, 3.05) is 30.7 Å². The fourth-order valence-corrected chi connectivity index (χ4v) is 4.25. The van der Waals surface area contributed by atoms with Crippen LogP contribution in [0.15, 0.2) is 41.3 Å². The molecule has 0 aliphatic carbocycles. The molecule has 0 amide bonds. The summed E-state index contributed by atoms with van der Waals surface area (Å²) in [5.74, 6) is 0.235. The van der Waals surface area contributed by atoms with Crippen molar-refractivity contribution < 1.29 is 27.4 Å². The summed E-state index contributed by atoms with van der Waals surface area (Å²) in [7, 11) is -4.03. The van der Waals surface area contributed by atoms with Crippen molar-refractivity contribution in [3.05, 3.63) is 47.5 Å². The van der Waals surface area contributed by atoms with Gasteiger partial charge in [0.15, 0.2) is 11.5 Å². The highest BCUT2D eigenvalue weighted by Crippen LogP contribution is 2.34. The Bertz CT molecular complexity index is 986. The molecule has 1 aliphatic heterocycles. The highest BCUT2D eigenvalue weighted by molar-refractivity contribution is 7.92. The number of rotatable bonds is 6. The van der Waals surface area contributed by atoms with Crippen LogP contribution in [0.25, 0.3) is 0 Å². The third-order valence-electron chi connectivity index (χ3n) is 4.46. The number of carbonyl (C=O) groups excluding carboxylic acids is 1. The first-order chi connectivity index (χ1) is 13.3. The van der Waals surface area contributed by atoms with Crippen LogP contribution in [0.3, 0.4) is 0 Å². The van der Waals surface area contributed by atoms with Gasteiger partial charge in [0.25, 0.3) is 10.0 Å². The van der Waals surface area contributed by atoms with Gasteiger partial charge in [-0.2, -0.15) is 0 Å². The van der Waals surface area contributed by atoms with Crippen molar-refractivity contribution in [3.63, 3.8) is 0 Å². The second-order valence-corrected chi connectivity index (χ2v) is 8.25. The van der Waals surface area contributed by atoms with Crippen LogP contribution < -0.4 is 13.8 Å². The number of benzene rings is 2. The van der Waals surface area contributed by atoms with Gasteiger partial charge in [-0.05, 0) is 56.2 Å². The number of anilines is 1. The molecule has 0 aromatic heterocycles. The fraction of sp³-hybridized carbons (Fsp3) is 0.350. The molecule has 2 aromatic carbocycles. The minimum Gasteiger partial charge on any atom is -0.486 e. The van der Waals surface area contributed by atoms with E-state index >= 15 is 0 Å². The van der Waals surface area contributed by atoms with E-state index in [4.69, 9.17) is 14.2 Å². The Labute approximate surface area is 164 Å². The Kier molecular flexibility index (Phi) is 5.79. The van der Waals surface area contributed by atoms with Gasteiger partial charge in [0, 0.05) is 6.07 Å². The lowest BCUT2D eigenvalue weighted by Gasteiger charge is -2.25. The topological polar surface area (TPSA) is 82.1 Å². The number of nitrogens with zero attached hydrogens (tertiary/aromatic N) is 1. The van der Waals surface area contributed by atoms with Gasteiger partial charge in [0.05, 0.1) is 17.2 Å². The number of hydrogen-bond acceptors (Lipinski definition) is 6. The van der Waals surface area contributed by atoms with Gasteiger partial charge in [-0.25, -0.2) is 8.42 Å². The molecule has 1 heterocycles. The maximum Gasteiger partial charge on any atom is 0.326 e. The Balaban J connectivity index is 2.04. The third-order valence-corrected chi connectivity index (χ3v) is 6.23. The predicted octanol–water partition coefficient (Wildman–Crippen LogP) is 2.83. The molecule has 0 saturated carbocycles. The second-order valence-electron chi connectivity index (χ2n) is 6.39. The summed E-state index contributed by atoms with van der Waals surface area (Å²) >= 11 is 0. The minimum atomic E-state index is -4.03. The summed E-state index contributed by atoms with van der Waals surface area (Å²) in [5.41, 5.74) is 2.34. The van der Waals surface area contributed by atoms with Gasteiger partial charge < -0.3 is 14.2 Å². The molecular weight excluding hydrogens is 382 g/mol. The van der Waals surface area contributed by atoms with Crippen molar-refractivity contribution in [1.29, 1.82) is 0 Å². The first-order valence-corrected chi connectivity index (χ1v) is 10.4. The fourth-order valence-electron chi connectivity index (χ4n) is 2.83. The largest absolute Gasteiger partial charge is 0.486 e. The molecule has 2 aromatic rings. The third kappa shape index (κ3) is 4.06. The molecule has 150 valence electrons. The van der Waals surface area contributed by atoms with E-state index in [0.29, 0.717) is 30.4 Å². The lowest BCUT2D eigenvalue weighted by Crippen LogP contribution is -2.36. The summed E-state index contributed by atoms with van der Waals surface area (Å²) in [6.45, 7) is 6.00. The van der Waals surface area contributed by atoms with Crippen molar-refractivity contribution in [2.24, 2.45) is 0 Å². The summed E-state index contributed by atoms with van der Waals surface area (Å²) in [5, 5.41) is 0. The molecule has 3 rings (SSSR count). The van der Waals surface area contributed by atoms with Crippen molar-refractivity contribution in [3.8, 4) is 11.5 Å². The lowest BCUT2D eigenvalue weighted by atomic mass is 10.1. The Hall–Kier alpha value is -2.74. The van der Waals surface area contributed by atoms with Crippen LogP contribution in [-0.4, -0.2) is 40.8 Å². The highest BCUT2D eigenvalue weighted by atomic mass is 32.2. The van der Waals surface area contributed by atoms with Gasteiger partial charge in [0.2, 0.25) is 0 Å². The maximum absolute atomic E-state index is 13.4. The van der Waals surface area contributed by atoms with E-state index in [1.165, 1.54) is 12.1 Å². The Morgan fingerprint density at radius 3 is 2.43 bits per heavy atom. The van der Waals surface area contributed by atoms with Crippen LogP contribution in [0.2, 0.25) is 0 Å². The van der Waals surface area contributed by atoms with Gasteiger partial charge in [0.1, 0.15) is 19.8 Å². The van der Waals surface area contributed by atoms with Gasteiger partial charge >= 0.3 is 5.97 Å². The standard InChI is InChI=1S/C20H23NO6S/c1-4-25-20(22)13-21(16-6-5-14(2)15(3)11-16)28(23,24)17-7-8-18-19(12-17)27-10-9-26-18/h5-8,11-12H,4,9-10,13H2,1-3H3. The summed E-state index contributed by atoms with van der Waals surface area (Å²) in [4.78, 5) is 12.1. The molecule has 0 bridgehead atoms. The van der Waals surface area contributed by atoms with Crippen LogP contribution in [-0.2, 0) is 19.6 Å². The number of fused-ring (bicyclic) bond motifs is 1. The smallest absolute Gasteiger partial charge is 0.326 e. The predicted molar refractivity (Wildman–Crippen MR) is 105 cm³/mol. The molecule has 7 nitrogen and oxygen atoms in total. The average Bonchev–Trinajstić information content (AvgIpc) is 2.68. The van der Waals surface area contributed by atoms with Crippen molar-refractivity contribution in [1.82, 2.24) is 0 Å². The summed E-state index contributed by atoms with van der Waals surface area (Å²) < 4.78 is 43.7. The first-order valence-electron chi connectivity index (χ1n) is 8.98. The maximum atomic E-state index is 13.4. The number of hydrogen-bond donors (Lipinski definition) is 0. The van der Waals surface area contributed by atoms with Crippen LogP contribution >= 0.6 is 0 Å². The van der Waals surface area contributed by atoms with Crippen LogP contribution in [0.4, 0.5) is 5.69 Å². The zero-order chi connectivity index (χ0) is 20.3. The molecule has 0 atom stereocenters. The zero-order valence-electron chi connectivity index (χ0n) is 16.1. The normalized spacial score (nSPS) is 13.1. The molecule has 28 heavy (non-hydrogen) atoms. The van der Waals surface area contributed by atoms with Gasteiger partial charge in [-0.1, -0.05) is 6.07 Å². The van der Waals surface area contributed by atoms with Crippen LogP contribution in [0.5, 0.6) is 11.5 Å². The minimum absolute atomic E-state index is 0.0132. The molecule has 0 unspecified atom stereocenters. The number of carbonyl (C=O) groups is 1. The van der Waals surface area contributed by atoms with Gasteiger partial charge in [-0.3, -0.25) is 9.10 Å². The molecular formula is C20H23NO6S. The molecule has 0 radical (unpaired) electrons. The SMILES string of the molecule is CCOC(=O)CN(c1ccc(C)c(C)c1)S(=O)(=O)c1ccc2c(c1)OCCO2. The molecule has 8 heteroatoms. The van der Waals surface area contributed by atoms with E-state index in [-0.39, 0.29) is 11.5 Å². The molecule has 1 aliphatic rings. The van der Waals surface area contributed by atoms with Gasteiger partial charge in [-0.15, -0.1) is 0 Å². The Morgan fingerprint density at radius 2 is 1.75 bits per heavy atom. The summed E-state index contributed by atoms with van der Waals surface area (Å²) in [6, 6.07) is 9.67. The molecule has 0 spiro atoms. The number of sulfonamides is 1. The van der Waals surface area contributed by atoms with Crippen LogP contribution in [0, 0.1) is 13.8 Å².